The number of nitrogens with one attached hydrogen (secondary N) is 2. The van der Waals surface area contributed by atoms with Crippen LogP contribution in [-0.2, 0) is 11.3 Å². The first-order valence-corrected chi connectivity index (χ1v) is 12.3. The summed E-state index contributed by atoms with van der Waals surface area (Å²) < 4.78 is 13.2. The number of methoxy groups -OCH3 is 1. The van der Waals surface area contributed by atoms with Crippen molar-refractivity contribution in [2.75, 3.05) is 37.0 Å². The lowest BCUT2D eigenvalue weighted by molar-refractivity contribution is -0.118. The predicted molar refractivity (Wildman–Crippen MR) is 142 cm³/mol. The first-order valence-electron chi connectivity index (χ1n) is 12.0. The van der Waals surface area contributed by atoms with Crippen LogP contribution in [0, 0.1) is 0 Å². The van der Waals surface area contributed by atoms with Gasteiger partial charge in [-0.15, -0.1) is 5.10 Å². The summed E-state index contributed by atoms with van der Waals surface area (Å²) in [6.07, 6.45) is 4.75. The highest BCUT2D eigenvalue weighted by atomic mass is 35.5. The smallest absolute Gasteiger partial charge is 0.240 e. The standard InChI is InChI=1S/C25H26ClN9O3/c1-16(14-34-15-30-32-33-34)38-22-9-17(3-5-20(22)26)18-11-28-25(29-12-18)31-21-6-4-19(10-23(21)37-2)35-8-7-27-13-24(35)36/h3-6,9-12,15-16,27H,7-8,13-14H2,1-2H3,(H,28,29,31)/t16-/m0/s1. The Morgan fingerprint density at radius 2 is 1.97 bits per heavy atom. The Balaban J connectivity index is 1.28. The number of rotatable bonds is 9. The zero-order valence-corrected chi connectivity index (χ0v) is 21.6. The third kappa shape index (κ3) is 5.82. The second kappa shape index (κ2) is 11.4. The first kappa shape index (κ1) is 25.4. The largest absolute Gasteiger partial charge is 0.494 e. The maximum absolute atomic E-state index is 12.2. The fraction of sp³-hybridized carbons (Fsp3) is 0.280. The number of hydrogen-bond donors (Lipinski definition) is 2. The Hall–Kier alpha value is -4.29. The molecule has 0 saturated carbocycles. The molecule has 2 aromatic heterocycles. The lowest BCUT2D eigenvalue weighted by atomic mass is 10.1. The minimum Gasteiger partial charge on any atom is -0.494 e. The number of tetrazole rings is 1. The Labute approximate surface area is 223 Å². The second-order valence-electron chi connectivity index (χ2n) is 8.63. The quantitative estimate of drug-likeness (QED) is 0.329. The highest BCUT2D eigenvalue weighted by molar-refractivity contribution is 6.32. The van der Waals surface area contributed by atoms with Crippen molar-refractivity contribution in [1.82, 2.24) is 35.5 Å². The summed E-state index contributed by atoms with van der Waals surface area (Å²) in [4.78, 5) is 22.9. The van der Waals surface area contributed by atoms with Gasteiger partial charge in [-0.25, -0.2) is 14.6 Å². The minimum absolute atomic E-state index is 0.0238. The SMILES string of the molecule is COc1cc(N2CCNCC2=O)ccc1Nc1ncc(-c2ccc(Cl)c(O[C@@H](C)Cn3cnnn3)c2)cn1. The van der Waals surface area contributed by atoms with Gasteiger partial charge < -0.3 is 25.0 Å². The fourth-order valence-corrected chi connectivity index (χ4v) is 4.21. The van der Waals surface area contributed by atoms with Crippen LogP contribution in [0.2, 0.25) is 5.02 Å². The molecule has 0 radical (unpaired) electrons. The van der Waals surface area contributed by atoms with Crippen LogP contribution in [0.5, 0.6) is 11.5 Å². The lowest BCUT2D eigenvalue weighted by Crippen LogP contribution is -2.48. The van der Waals surface area contributed by atoms with Gasteiger partial charge in [-0.3, -0.25) is 4.79 Å². The molecular weight excluding hydrogens is 510 g/mol. The maximum Gasteiger partial charge on any atom is 0.240 e. The summed E-state index contributed by atoms with van der Waals surface area (Å²) >= 11 is 6.37. The number of ether oxygens (including phenoxy) is 2. The van der Waals surface area contributed by atoms with E-state index in [1.807, 2.05) is 37.3 Å². The number of hydrogen-bond acceptors (Lipinski definition) is 10. The van der Waals surface area contributed by atoms with Crippen molar-refractivity contribution >= 4 is 34.8 Å². The molecule has 196 valence electrons. The third-order valence-corrected chi connectivity index (χ3v) is 6.23. The number of aromatic nitrogens is 6. The van der Waals surface area contributed by atoms with Crippen molar-refractivity contribution in [3.05, 3.63) is 60.1 Å². The Morgan fingerprint density at radius 3 is 2.71 bits per heavy atom. The lowest BCUT2D eigenvalue weighted by Gasteiger charge is -2.28. The van der Waals surface area contributed by atoms with Gasteiger partial charge in [-0.05, 0) is 47.2 Å². The maximum atomic E-state index is 12.2. The van der Waals surface area contributed by atoms with Crippen molar-refractivity contribution in [3.8, 4) is 22.6 Å². The number of anilines is 3. The fourth-order valence-electron chi connectivity index (χ4n) is 4.05. The van der Waals surface area contributed by atoms with Crippen LogP contribution in [0.3, 0.4) is 0 Å². The number of benzene rings is 2. The molecule has 2 aromatic carbocycles. The molecule has 0 spiro atoms. The van der Waals surface area contributed by atoms with Crippen LogP contribution >= 0.6 is 11.6 Å². The molecule has 1 saturated heterocycles. The van der Waals surface area contributed by atoms with Crippen LogP contribution in [0.4, 0.5) is 17.3 Å². The summed E-state index contributed by atoms with van der Waals surface area (Å²) in [7, 11) is 1.58. The van der Waals surface area contributed by atoms with Gasteiger partial charge in [0, 0.05) is 42.8 Å². The highest BCUT2D eigenvalue weighted by Crippen LogP contribution is 2.33. The van der Waals surface area contributed by atoms with Crippen LogP contribution in [0.15, 0.2) is 55.1 Å². The monoisotopic (exact) mass is 535 g/mol. The Bertz CT molecular complexity index is 1400. The molecule has 5 rings (SSSR count). The molecule has 0 aliphatic carbocycles. The second-order valence-corrected chi connectivity index (χ2v) is 9.04. The number of nitrogens with zero attached hydrogens (tertiary/aromatic N) is 7. The van der Waals surface area contributed by atoms with Gasteiger partial charge in [-0.2, -0.15) is 0 Å². The summed E-state index contributed by atoms with van der Waals surface area (Å²) in [5.41, 5.74) is 3.12. The van der Waals surface area contributed by atoms with Gasteiger partial charge >= 0.3 is 0 Å². The van der Waals surface area contributed by atoms with Gasteiger partial charge in [0.25, 0.3) is 0 Å². The summed E-state index contributed by atoms with van der Waals surface area (Å²) in [6.45, 7) is 4.07. The molecule has 1 fully saturated rings. The van der Waals surface area contributed by atoms with E-state index in [0.717, 1.165) is 23.4 Å². The molecule has 1 aliphatic heterocycles. The van der Waals surface area contributed by atoms with Crippen LogP contribution < -0.4 is 25.0 Å². The van der Waals surface area contributed by atoms with Crippen molar-refractivity contribution in [1.29, 1.82) is 0 Å². The molecule has 1 aliphatic rings. The summed E-state index contributed by atoms with van der Waals surface area (Å²) in [5, 5.41) is 17.9. The molecule has 1 amide bonds. The Morgan fingerprint density at radius 1 is 1.13 bits per heavy atom. The van der Waals surface area contributed by atoms with E-state index in [2.05, 4.69) is 36.1 Å². The summed E-state index contributed by atoms with van der Waals surface area (Å²) in [6, 6.07) is 11.1. The zero-order valence-electron chi connectivity index (χ0n) is 20.8. The molecule has 1 atom stereocenters. The van der Waals surface area contributed by atoms with Gasteiger partial charge in [0.05, 0.1) is 30.9 Å². The average molecular weight is 536 g/mol. The van der Waals surface area contributed by atoms with Crippen LogP contribution in [-0.4, -0.2) is 68.9 Å². The summed E-state index contributed by atoms with van der Waals surface area (Å²) in [5.74, 6) is 1.55. The number of piperazine rings is 1. The third-order valence-electron chi connectivity index (χ3n) is 5.91. The molecular formula is C25H26ClN9O3. The van der Waals surface area contributed by atoms with Crippen molar-refractivity contribution in [2.24, 2.45) is 0 Å². The predicted octanol–water partition coefficient (Wildman–Crippen LogP) is 2.94. The van der Waals surface area contributed by atoms with Crippen LogP contribution in [0.1, 0.15) is 6.92 Å². The van der Waals surface area contributed by atoms with E-state index in [-0.39, 0.29) is 12.0 Å². The molecule has 4 aromatic rings. The van der Waals surface area contributed by atoms with Gasteiger partial charge in [0.1, 0.15) is 23.9 Å². The molecule has 0 unspecified atom stereocenters. The van der Waals surface area contributed by atoms with E-state index in [0.29, 0.717) is 47.8 Å². The normalized spacial score (nSPS) is 14.3. The highest BCUT2D eigenvalue weighted by Gasteiger charge is 2.20. The van der Waals surface area contributed by atoms with Crippen molar-refractivity contribution in [3.63, 3.8) is 0 Å². The van der Waals surface area contributed by atoms with E-state index < -0.39 is 0 Å². The van der Waals surface area contributed by atoms with Gasteiger partial charge in [0.2, 0.25) is 11.9 Å². The van der Waals surface area contributed by atoms with Gasteiger partial charge in [0.15, 0.2) is 0 Å². The van der Waals surface area contributed by atoms with Crippen LogP contribution in [0.25, 0.3) is 11.1 Å². The molecule has 0 bridgehead atoms. The Kier molecular flexibility index (Phi) is 7.61. The van der Waals surface area contributed by atoms with E-state index in [9.17, 15) is 4.79 Å². The average Bonchev–Trinajstić information content (AvgIpc) is 3.44. The topological polar surface area (TPSA) is 132 Å². The molecule has 12 nitrogen and oxygen atoms in total. The van der Waals surface area contributed by atoms with E-state index >= 15 is 0 Å². The minimum atomic E-state index is -0.208. The van der Waals surface area contributed by atoms with Crippen molar-refractivity contribution < 1.29 is 14.3 Å². The number of carbonyl (C=O) groups excluding carboxylic acids is 1. The first-order chi connectivity index (χ1) is 18.5. The van der Waals surface area contributed by atoms with E-state index in [1.54, 1.807) is 35.2 Å². The molecule has 3 heterocycles. The molecule has 13 heteroatoms. The molecule has 2 N–H and O–H groups in total. The number of amides is 1. The van der Waals surface area contributed by atoms with E-state index in [1.165, 1.54) is 6.33 Å². The molecule has 38 heavy (non-hydrogen) atoms. The van der Waals surface area contributed by atoms with Gasteiger partial charge in [-0.1, -0.05) is 17.7 Å². The number of halogens is 1. The number of carbonyl (C=O) groups is 1. The van der Waals surface area contributed by atoms with E-state index in [4.69, 9.17) is 21.1 Å². The van der Waals surface area contributed by atoms with Crippen molar-refractivity contribution in [2.45, 2.75) is 19.6 Å². The zero-order chi connectivity index (χ0) is 26.5.